The van der Waals surface area contributed by atoms with Gasteiger partial charge in [-0.15, -0.1) is 12.4 Å². The van der Waals surface area contributed by atoms with Gasteiger partial charge in [-0.1, -0.05) is 35.1 Å². The van der Waals surface area contributed by atoms with Crippen LogP contribution in [0.1, 0.15) is 23.1 Å². The lowest BCUT2D eigenvalue weighted by Crippen LogP contribution is -2.36. The van der Waals surface area contributed by atoms with Gasteiger partial charge in [0.1, 0.15) is 5.75 Å². The van der Waals surface area contributed by atoms with Gasteiger partial charge in [-0.05, 0) is 56.5 Å². The third-order valence-corrected chi connectivity index (χ3v) is 6.39. The number of ether oxygens (including phenoxy) is 1. The van der Waals surface area contributed by atoms with Crippen molar-refractivity contribution >= 4 is 45.0 Å². The van der Waals surface area contributed by atoms with Gasteiger partial charge in [-0.3, -0.25) is 9.69 Å². The number of hydrogen-bond acceptors (Lipinski definition) is 5. The Morgan fingerprint density at radius 1 is 1.12 bits per heavy atom. The first kappa shape index (κ1) is 23.8. The van der Waals surface area contributed by atoms with E-state index in [-0.39, 0.29) is 24.9 Å². The molecule has 0 radical (unpaired) electrons. The predicted molar refractivity (Wildman–Crippen MR) is 132 cm³/mol. The summed E-state index contributed by atoms with van der Waals surface area (Å²) in [6.07, 6.45) is 6.27. The van der Waals surface area contributed by atoms with Crippen LogP contribution in [0.2, 0.25) is 0 Å². The molecule has 0 aliphatic heterocycles. The number of hydrogen-bond donors (Lipinski definition) is 0. The number of nitrogens with zero attached hydrogens (tertiary/aromatic N) is 4. The highest BCUT2D eigenvalue weighted by Crippen LogP contribution is 2.32. The van der Waals surface area contributed by atoms with Gasteiger partial charge in [0.25, 0.3) is 5.91 Å². The van der Waals surface area contributed by atoms with Gasteiger partial charge in [0.05, 0.1) is 16.5 Å². The zero-order valence-electron chi connectivity index (χ0n) is 18.4. The van der Waals surface area contributed by atoms with Crippen molar-refractivity contribution in [1.29, 1.82) is 0 Å². The summed E-state index contributed by atoms with van der Waals surface area (Å²) in [4.78, 5) is 23.8. The van der Waals surface area contributed by atoms with E-state index in [2.05, 4.69) is 31.0 Å². The molecule has 2 heterocycles. The van der Waals surface area contributed by atoms with E-state index in [4.69, 9.17) is 9.72 Å². The van der Waals surface area contributed by atoms with Crippen molar-refractivity contribution in [3.05, 3.63) is 71.8 Å². The smallest absolute Gasteiger partial charge is 0.266 e. The Hall–Kier alpha value is -2.90. The average molecular weight is 471 g/mol. The molecule has 32 heavy (non-hydrogen) atoms. The number of amides is 1. The first-order chi connectivity index (χ1) is 15.0. The second-order valence-electron chi connectivity index (χ2n) is 7.65. The van der Waals surface area contributed by atoms with Crippen LogP contribution in [0.25, 0.3) is 10.2 Å². The van der Waals surface area contributed by atoms with Crippen molar-refractivity contribution in [2.24, 2.45) is 0 Å². The molecule has 8 heteroatoms. The molecule has 0 N–H and O–H groups in total. The topological polar surface area (TPSA) is 60.2 Å². The molecule has 0 unspecified atom stereocenters. The number of carbonyl (C=O) groups excluding carboxylic acids is 1. The van der Waals surface area contributed by atoms with Gasteiger partial charge in [0.2, 0.25) is 0 Å². The van der Waals surface area contributed by atoms with Gasteiger partial charge in [-0.25, -0.2) is 9.97 Å². The van der Waals surface area contributed by atoms with Crippen LogP contribution in [-0.4, -0.2) is 33.6 Å². The highest BCUT2D eigenvalue weighted by molar-refractivity contribution is 7.22. The highest BCUT2D eigenvalue weighted by atomic mass is 35.5. The average Bonchev–Trinajstić information content (AvgIpc) is 3.43. The quantitative estimate of drug-likeness (QED) is 0.348. The van der Waals surface area contributed by atoms with Gasteiger partial charge in [0, 0.05) is 25.5 Å². The lowest BCUT2D eigenvalue weighted by atomic mass is 10.1. The van der Waals surface area contributed by atoms with Crippen molar-refractivity contribution in [1.82, 2.24) is 14.5 Å². The number of aromatic nitrogens is 3. The number of fused-ring (bicyclic) bond motifs is 1. The van der Waals surface area contributed by atoms with Crippen LogP contribution in [0.4, 0.5) is 5.13 Å². The number of aryl methyl sites for hydroxylation is 4. The number of benzene rings is 2. The van der Waals surface area contributed by atoms with Crippen LogP contribution in [-0.2, 0) is 11.3 Å². The minimum absolute atomic E-state index is 0. The van der Waals surface area contributed by atoms with Gasteiger partial charge < -0.3 is 9.30 Å². The van der Waals surface area contributed by atoms with E-state index in [0.717, 1.165) is 34.3 Å². The molecular weight excluding hydrogens is 444 g/mol. The Kier molecular flexibility index (Phi) is 7.88. The van der Waals surface area contributed by atoms with Crippen molar-refractivity contribution in [3.8, 4) is 5.75 Å². The lowest BCUT2D eigenvalue weighted by Gasteiger charge is -2.20. The van der Waals surface area contributed by atoms with Crippen molar-refractivity contribution in [2.45, 2.75) is 33.7 Å². The maximum absolute atomic E-state index is 13.2. The predicted octanol–water partition coefficient (Wildman–Crippen LogP) is 5.34. The van der Waals surface area contributed by atoms with E-state index >= 15 is 0 Å². The van der Waals surface area contributed by atoms with Crippen LogP contribution in [0, 0.1) is 20.8 Å². The third-order valence-electron chi connectivity index (χ3n) is 5.35. The van der Waals surface area contributed by atoms with Crippen molar-refractivity contribution < 1.29 is 9.53 Å². The molecule has 0 fully saturated rings. The van der Waals surface area contributed by atoms with Crippen LogP contribution < -0.4 is 9.64 Å². The zero-order chi connectivity index (χ0) is 21.8. The molecule has 6 nitrogen and oxygen atoms in total. The van der Waals surface area contributed by atoms with E-state index in [1.807, 2.05) is 42.0 Å². The fourth-order valence-corrected chi connectivity index (χ4v) is 4.41. The minimum atomic E-state index is -0.0976. The Balaban J connectivity index is 0.00000289. The first-order valence-corrected chi connectivity index (χ1v) is 11.2. The second kappa shape index (κ2) is 10.6. The highest BCUT2D eigenvalue weighted by Gasteiger charge is 2.21. The molecule has 0 saturated heterocycles. The Labute approximate surface area is 198 Å². The number of thiazole rings is 1. The van der Waals surface area contributed by atoms with E-state index < -0.39 is 0 Å². The number of imidazole rings is 1. The maximum atomic E-state index is 13.2. The van der Waals surface area contributed by atoms with Crippen LogP contribution in [0.3, 0.4) is 0 Å². The van der Waals surface area contributed by atoms with Crippen LogP contribution in [0.15, 0.2) is 55.1 Å². The fraction of sp³-hybridized carbons (Fsp3) is 0.292. The van der Waals surface area contributed by atoms with Crippen LogP contribution >= 0.6 is 23.7 Å². The van der Waals surface area contributed by atoms with E-state index in [1.165, 1.54) is 5.56 Å². The summed E-state index contributed by atoms with van der Waals surface area (Å²) in [6.45, 7) is 7.50. The maximum Gasteiger partial charge on any atom is 0.266 e. The molecule has 0 saturated carbocycles. The Morgan fingerprint density at radius 2 is 1.91 bits per heavy atom. The molecule has 0 aliphatic carbocycles. The largest absolute Gasteiger partial charge is 0.484 e. The van der Waals surface area contributed by atoms with Gasteiger partial charge in [-0.2, -0.15) is 0 Å². The van der Waals surface area contributed by atoms with E-state index in [1.54, 1.807) is 28.8 Å². The molecule has 1 amide bonds. The fourth-order valence-electron chi connectivity index (χ4n) is 3.34. The summed E-state index contributed by atoms with van der Waals surface area (Å²) in [7, 11) is 0. The Morgan fingerprint density at radius 3 is 2.62 bits per heavy atom. The normalized spacial score (nSPS) is 10.7. The molecule has 2 aromatic heterocycles. The molecule has 0 bridgehead atoms. The Bertz CT molecular complexity index is 1170. The van der Waals surface area contributed by atoms with Crippen LogP contribution in [0.5, 0.6) is 5.75 Å². The van der Waals surface area contributed by atoms with Crippen molar-refractivity contribution in [2.75, 3.05) is 18.1 Å². The number of carbonyl (C=O) groups is 1. The second-order valence-corrected chi connectivity index (χ2v) is 8.66. The molecule has 4 aromatic rings. The lowest BCUT2D eigenvalue weighted by molar-refractivity contribution is -0.120. The SMILES string of the molecule is Cc1ccc(OCC(=O)N(CCCn2ccnc2)c2nc3c(C)c(C)ccc3s2)cc1.Cl. The van der Waals surface area contributed by atoms with E-state index in [9.17, 15) is 4.79 Å². The molecule has 4 rings (SSSR count). The molecule has 0 aliphatic rings. The summed E-state index contributed by atoms with van der Waals surface area (Å²) < 4.78 is 8.86. The van der Waals surface area contributed by atoms with Crippen molar-refractivity contribution in [3.63, 3.8) is 0 Å². The molecule has 0 atom stereocenters. The summed E-state index contributed by atoms with van der Waals surface area (Å²) >= 11 is 1.55. The van der Waals surface area contributed by atoms with Gasteiger partial charge >= 0.3 is 0 Å². The summed E-state index contributed by atoms with van der Waals surface area (Å²) in [5.74, 6) is 0.590. The molecule has 2 aromatic carbocycles. The monoisotopic (exact) mass is 470 g/mol. The first-order valence-electron chi connectivity index (χ1n) is 10.3. The number of halogens is 1. The number of rotatable bonds is 8. The molecular formula is C24H27ClN4O2S. The standard InChI is InChI=1S/C24H26N4O2S.ClH/c1-17-5-8-20(9-6-17)30-15-22(29)28(13-4-12-27-14-11-25-16-27)24-26-23-19(3)18(2)7-10-21(23)31-24;/h5-11,14,16H,4,12-13,15H2,1-3H3;1H. The minimum Gasteiger partial charge on any atom is -0.484 e. The number of anilines is 1. The third kappa shape index (κ3) is 5.47. The summed E-state index contributed by atoms with van der Waals surface area (Å²) in [5.41, 5.74) is 4.47. The zero-order valence-corrected chi connectivity index (χ0v) is 20.1. The summed E-state index contributed by atoms with van der Waals surface area (Å²) in [6, 6.07) is 11.9. The van der Waals surface area contributed by atoms with Gasteiger partial charge in [0.15, 0.2) is 11.7 Å². The summed E-state index contributed by atoms with van der Waals surface area (Å²) in [5, 5.41) is 0.715. The van der Waals surface area contributed by atoms with E-state index in [0.29, 0.717) is 17.4 Å². The molecule has 168 valence electrons. The molecule has 0 spiro atoms.